The molecule has 0 unspecified atom stereocenters. The molecule has 0 aliphatic rings. The Balaban J connectivity index is 1.78. The van der Waals surface area contributed by atoms with Crippen LogP contribution >= 0.6 is 22.9 Å². The first-order valence-corrected chi connectivity index (χ1v) is 7.66. The van der Waals surface area contributed by atoms with E-state index in [1.807, 2.05) is 30.5 Å². The van der Waals surface area contributed by atoms with Gasteiger partial charge in [0, 0.05) is 28.2 Å². The molecule has 0 saturated heterocycles. The van der Waals surface area contributed by atoms with Gasteiger partial charge in [0.1, 0.15) is 10.0 Å². The average molecular weight is 312 g/mol. The number of aromatic nitrogens is 3. The summed E-state index contributed by atoms with van der Waals surface area (Å²) in [6.07, 6.45) is 1.93. The van der Waals surface area contributed by atoms with Gasteiger partial charge in [-0.1, -0.05) is 41.1 Å². The second kappa shape index (κ2) is 4.98. The van der Waals surface area contributed by atoms with Crippen molar-refractivity contribution in [3.05, 3.63) is 59.8 Å². The maximum absolute atomic E-state index is 6.21. The van der Waals surface area contributed by atoms with E-state index in [0.29, 0.717) is 5.02 Å². The highest BCUT2D eigenvalue weighted by atomic mass is 35.5. The topological polar surface area (TPSA) is 41.6 Å². The number of benzene rings is 2. The molecule has 21 heavy (non-hydrogen) atoms. The van der Waals surface area contributed by atoms with Crippen LogP contribution in [0.3, 0.4) is 0 Å². The summed E-state index contributed by atoms with van der Waals surface area (Å²) in [5, 5.41) is 12.2. The zero-order valence-corrected chi connectivity index (χ0v) is 12.4. The number of hydrogen-bond acceptors (Lipinski definition) is 3. The first-order chi connectivity index (χ1) is 10.3. The number of nitrogens with one attached hydrogen (secondary N) is 1. The Hall–Kier alpha value is -2.17. The van der Waals surface area contributed by atoms with Gasteiger partial charge in [0.25, 0.3) is 0 Å². The summed E-state index contributed by atoms with van der Waals surface area (Å²) in [6.45, 7) is 0. The van der Waals surface area contributed by atoms with Crippen LogP contribution < -0.4 is 0 Å². The Bertz CT molecular complexity index is 926. The van der Waals surface area contributed by atoms with Crippen molar-refractivity contribution in [3.8, 4) is 21.1 Å². The maximum Gasteiger partial charge on any atom is 0.149 e. The molecule has 0 saturated carbocycles. The lowest BCUT2D eigenvalue weighted by molar-refractivity contribution is 1.10. The molecule has 2 aromatic carbocycles. The van der Waals surface area contributed by atoms with Gasteiger partial charge in [0.05, 0.1) is 5.02 Å². The summed E-state index contributed by atoms with van der Waals surface area (Å²) in [4.78, 5) is 3.19. The van der Waals surface area contributed by atoms with E-state index in [1.165, 1.54) is 5.39 Å². The molecule has 102 valence electrons. The highest BCUT2D eigenvalue weighted by Crippen LogP contribution is 2.34. The smallest absolute Gasteiger partial charge is 0.149 e. The SMILES string of the molecule is Clc1ccccc1-c1nnc(-c2ccc3[nH]ccc3c2)s1. The molecule has 0 fully saturated rings. The van der Waals surface area contributed by atoms with E-state index < -0.39 is 0 Å². The standard InChI is InChI=1S/C16H10ClN3S/c17-13-4-2-1-3-12(13)16-20-19-15(21-16)11-5-6-14-10(9-11)7-8-18-14/h1-9,18H. The number of aromatic amines is 1. The Morgan fingerprint density at radius 3 is 2.71 bits per heavy atom. The molecule has 5 heteroatoms. The van der Waals surface area contributed by atoms with E-state index in [-0.39, 0.29) is 0 Å². The third-order valence-corrected chi connectivity index (χ3v) is 4.66. The molecule has 4 aromatic rings. The van der Waals surface area contributed by atoms with Gasteiger partial charge in [-0.25, -0.2) is 0 Å². The lowest BCUT2D eigenvalue weighted by Crippen LogP contribution is -1.78. The largest absolute Gasteiger partial charge is 0.361 e. The van der Waals surface area contributed by atoms with Gasteiger partial charge in [-0.2, -0.15) is 0 Å². The zero-order chi connectivity index (χ0) is 14.2. The van der Waals surface area contributed by atoms with Gasteiger partial charge in [-0.15, -0.1) is 10.2 Å². The molecule has 1 N–H and O–H groups in total. The molecule has 0 amide bonds. The molecular weight excluding hydrogens is 302 g/mol. The lowest BCUT2D eigenvalue weighted by atomic mass is 10.2. The normalized spacial score (nSPS) is 11.1. The van der Waals surface area contributed by atoms with Crippen LogP contribution in [-0.4, -0.2) is 15.2 Å². The molecule has 0 aliphatic carbocycles. The number of H-pyrrole nitrogens is 1. The summed E-state index contributed by atoms with van der Waals surface area (Å²) >= 11 is 7.76. The molecular formula is C16H10ClN3S. The third kappa shape index (κ3) is 2.22. The second-order valence-corrected chi connectivity index (χ2v) is 6.06. The van der Waals surface area contributed by atoms with Gasteiger partial charge in [0.15, 0.2) is 0 Å². The van der Waals surface area contributed by atoms with Crippen LogP contribution in [-0.2, 0) is 0 Å². The molecule has 4 rings (SSSR count). The van der Waals surface area contributed by atoms with E-state index in [9.17, 15) is 0 Å². The highest BCUT2D eigenvalue weighted by Gasteiger charge is 2.11. The van der Waals surface area contributed by atoms with Crippen molar-refractivity contribution in [1.82, 2.24) is 15.2 Å². The minimum atomic E-state index is 0.696. The van der Waals surface area contributed by atoms with Crippen LogP contribution in [0.25, 0.3) is 32.0 Å². The van der Waals surface area contributed by atoms with Gasteiger partial charge in [-0.3, -0.25) is 0 Å². The predicted molar refractivity (Wildman–Crippen MR) is 87.6 cm³/mol. The van der Waals surface area contributed by atoms with Gasteiger partial charge >= 0.3 is 0 Å². The number of rotatable bonds is 2. The summed E-state index contributed by atoms with van der Waals surface area (Å²) < 4.78 is 0. The summed E-state index contributed by atoms with van der Waals surface area (Å²) in [7, 11) is 0. The van der Waals surface area contributed by atoms with Gasteiger partial charge < -0.3 is 4.98 Å². The highest BCUT2D eigenvalue weighted by molar-refractivity contribution is 7.18. The average Bonchev–Trinajstić information content (AvgIpc) is 3.16. The van der Waals surface area contributed by atoms with Gasteiger partial charge in [-0.05, 0) is 30.3 Å². The molecule has 0 radical (unpaired) electrons. The number of hydrogen-bond donors (Lipinski definition) is 1. The summed E-state index contributed by atoms with van der Waals surface area (Å²) in [6, 6.07) is 16.0. The first-order valence-electron chi connectivity index (χ1n) is 6.47. The summed E-state index contributed by atoms with van der Waals surface area (Å²) in [5.41, 5.74) is 3.11. The summed E-state index contributed by atoms with van der Waals surface area (Å²) in [5.74, 6) is 0. The van der Waals surface area contributed by atoms with Gasteiger partial charge in [0.2, 0.25) is 0 Å². The quantitative estimate of drug-likeness (QED) is 0.565. The Labute approximate surface area is 130 Å². The van der Waals surface area contributed by atoms with E-state index in [4.69, 9.17) is 11.6 Å². The molecule has 2 aromatic heterocycles. The van der Waals surface area contributed by atoms with Crippen molar-refractivity contribution in [3.63, 3.8) is 0 Å². The van der Waals surface area contributed by atoms with Crippen LogP contribution in [0.2, 0.25) is 5.02 Å². The predicted octanol–water partition coefficient (Wildman–Crippen LogP) is 5.01. The van der Waals surface area contributed by atoms with Crippen molar-refractivity contribution in [2.45, 2.75) is 0 Å². The molecule has 2 heterocycles. The number of fused-ring (bicyclic) bond motifs is 1. The molecule has 0 bridgehead atoms. The molecule has 3 nitrogen and oxygen atoms in total. The van der Waals surface area contributed by atoms with Crippen LogP contribution in [0.4, 0.5) is 0 Å². The zero-order valence-electron chi connectivity index (χ0n) is 10.9. The minimum Gasteiger partial charge on any atom is -0.361 e. The lowest BCUT2D eigenvalue weighted by Gasteiger charge is -1.97. The Morgan fingerprint density at radius 2 is 1.81 bits per heavy atom. The second-order valence-electron chi connectivity index (χ2n) is 4.67. The van der Waals surface area contributed by atoms with E-state index in [0.717, 1.165) is 26.7 Å². The monoisotopic (exact) mass is 311 g/mol. The van der Waals surface area contributed by atoms with E-state index >= 15 is 0 Å². The van der Waals surface area contributed by atoms with Crippen LogP contribution in [0.5, 0.6) is 0 Å². The molecule has 0 aliphatic heterocycles. The van der Waals surface area contributed by atoms with E-state index in [1.54, 1.807) is 11.3 Å². The fourth-order valence-corrected chi connectivity index (χ4v) is 3.43. The first kappa shape index (κ1) is 12.6. The number of halogens is 1. The Kier molecular flexibility index (Phi) is 2.98. The molecule has 0 atom stereocenters. The van der Waals surface area contributed by atoms with Crippen LogP contribution in [0.1, 0.15) is 0 Å². The minimum absolute atomic E-state index is 0.696. The maximum atomic E-state index is 6.21. The van der Waals surface area contributed by atoms with Crippen LogP contribution in [0.15, 0.2) is 54.7 Å². The van der Waals surface area contributed by atoms with Crippen molar-refractivity contribution in [1.29, 1.82) is 0 Å². The number of nitrogens with zero attached hydrogens (tertiary/aromatic N) is 2. The third-order valence-electron chi connectivity index (χ3n) is 3.33. The fourth-order valence-electron chi connectivity index (χ4n) is 2.27. The van der Waals surface area contributed by atoms with Crippen molar-refractivity contribution >= 4 is 33.8 Å². The molecule has 0 spiro atoms. The Morgan fingerprint density at radius 1 is 0.952 bits per heavy atom. The van der Waals surface area contributed by atoms with Crippen molar-refractivity contribution < 1.29 is 0 Å². The van der Waals surface area contributed by atoms with Crippen molar-refractivity contribution in [2.75, 3.05) is 0 Å². The van der Waals surface area contributed by atoms with Crippen molar-refractivity contribution in [2.24, 2.45) is 0 Å². The fraction of sp³-hybridized carbons (Fsp3) is 0. The van der Waals surface area contributed by atoms with E-state index in [2.05, 4.69) is 39.4 Å². The van der Waals surface area contributed by atoms with Crippen LogP contribution in [0, 0.1) is 0 Å².